The third-order valence-electron chi connectivity index (χ3n) is 3.60. The highest BCUT2D eigenvalue weighted by Gasteiger charge is 2.36. The van der Waals surface area contributed by atoms with Crippen molar-refractivity contribution in [3.05, 3.63) is 30.0 Å². The van der Waals surface area contributed by atoms with Crippen molar-refractivity contribution in [2.45, 2.75) is 51.8 Å². The third kappa shape index (κ3) is 3.87. The van der Waals surface area contributed by atoms with Gasteiger partial charge in [0, 0.05) is 6.54 Å². The molecule has 1 saturated heterocycles. The summed E-state index contributed by atoms with van der Waals surface area (Å²) in [6.45, 7) is 6.62. The Morgan fingerprint density at radius 1 is 1.46 bits per heavy atom. The molecule has 3 heterocycles. The molecule has 2 aromatic rings. The van der Waals surface area contributed by atoms with Gasteiger partial charge in [0.05, 0.1) is 12.8 Å². The summed E-state index contributed by atoms with van der Waals surface area (Å²) in [7, 11) is 0. The summed E-state index contributed by atoms with van der Waals surface area (Å²) in [4.78, 5) is 14.0. The highest BCUT2D eigenvalue weighted by Crippen LogP contribution is 2.33. The van der Waals surface area contributed by atoms with Gasteiger partial charge in [0.25, 0.3) is 0 Å². The molecule has 1 N–H and O–H groups in total. The lowest BCUT2D eigenvalue weighted by molar-refractivity contribution is 0.0204. The molecule has 130 valence electrons. The number of furan rings is 1. The first-order valence-electron chi connectivity index (χ1n) is 8.02. The molecule has 0 saturated carbocycles. The summed E-state index contributed by atoms with van der Waals surface area (Å²) in [6.07, 6.45) is 2.90. The van der Waals surface area contributed by atoms with Crippen LogP contribution in [0, 0.1) is 0 Å². The predicted molar refractivity (Wildman–Crippen MR) is 85.2 cm³/mol. The molecule has 0 spiro atoms. The lowest BCUT2D eigenvalue weighted by Gasteiger charge is -2.27. The Bertz CT molecular complexity index is 675. The van der Waals surface area contributed by atoms with E-state index in [1.807, 2.05) is 32.9 Å². The Kier molecular flexibility index (Phi) is 4.46. The highest BCUT2D eigenvalue weighted by atomic mass is 16.6. The molecule has 0 unspecified atom stereocenters. The van der Waals surface area contributed by atoms with Gasteiger partial charge in [0.1, 0.15) is 17.4 Å². The average Bonchev–Trinajstić information content (AvgIpc) is 3.24. The van der Waals surface area contributed by atoms with E-state index in [0.29, 0.717) is 25.0 Å². The third-order valence-corrected chi connectivity index (χ3v) is 3.60. The molecule has 1 aliphatic rings. The van der Waals surface area contributed by atoms with Gasteiger partial charge in [-0.15, -0.1) is 5.10 Å². The van der Waals surface area contributed by atoms with Gasteiger partial charge in [0.15, 0.2) is 0 Å². The molecule has 3 rings (SSSR count). The van der Waals surface area contributed by atoms with Crippen LogP contribution in [0.3, 0.4) is 0 Å². The Morgan fingerprint density at radius 3 is 3.00 bits per heavy atom. The molecule has 0 aliphatic carbocycles. The van der Waals surface area contributed by atoms with E-state index in [1.165, 1.54) is 0 Å². The molecule has 0 bridgehead atoms. The van der Waals surface area contributed by atoms with Gasteiger partial charge in [-0.05, 0) is 45.7 Å². The van der Waals surface area contributed by atoms with Gasteiger partial charge >= 0.3 is 12.1 Å². The number of carbonyl (C=O) groups is 1. The first-order chi connectivity index (χ1) is 11.4. The quantitative estimate of drug-likeness (QED) is 0.916. The molecule has 1 atom stereocenters. The zero-order valence-corrected chi connectivity index (χ0v) is 14.1. The second-order valence-corrected chi connectivity index (χ2v) is 6.71. The van der Waals surface area contributed by atoms with Gasteiger partial charge in [-0.3, -0.25) is 4.90 Å². The number of likely N-dealkylation sites (tertiary alicyclic amines) is 1. The maximum atomic E-state index is 12.3. The van der Waals surface area contributed by atoms with Crippen molar-refractivity contribution in [3.8, 4) is 0 Å². The maximum absolute atomic E-state index is 12.3. The zero-order chi connectivity index (χ0) is 17.2. The zero-order valence-electron chi connectivity index (χ0n) is 14.1. The van der Waals surface area contributed by atoms with Crippen LogP contribution in [0.4, 0.5) is 10.8 Å². The first kappa shape index (κ1) is 16.4. The van der Waals surface area contributed by atoms with Gasteiger partial charge < -0.3 is 18.9 Å². The van der Waals surface area contributed by atoms with Crippen LogP contribution < -0.4 is 5.32 Å². The van der Waals surface area contributed by atoms with Gasteiger partial charge in [0.2, 0.25) is 5.89 Å². The van der Waals surface area contributed by atoms with Crippen molar-refractivity contribution < 1.29 is 18.4 Å². The summed E-state index contributed by atoms with van der Waals surface area (Å²) >= 11 is 0. The molecule has 0 aromatic carbocycles. The van der Waals surface area contributed by atoms with E-state index in [0.717, 1.165) is 18.6 Å². The molecule has 2 aromatic heterocycles. The van der Waals surface area contributed by atoms with Crippen molar-refractivity contribution in [3.63, 3.8) is 0 Å². The summed E-state index contributed by atoms with van der Waals surface area (Å²) in [5.41, 5.74) is -0.533. The van der Waals surface area contributed by atoms with E-state index in [2.05, 4.69) is 15.5 Å². The van der Waals surface area contributed by atoms with Gasteiger partial charge in [-0.25, -0.2) is 4.79 Å². The number of aromatic nitrogens is 2. The fourth-order valence-electron chi connectivity index (χ4n) is 2.58. The van der Waals surface area contributed by atoms with Crippen LogP contribution in [0.1, 0.15) is 51.3 Å². The minimum Gasteiger partial charge on any atom is -0.467 e. The number of nitrogens with one attached hydrogen (secondary N) is 1. The first-order valence-corrected chi connectivity index (χ1v) is 8.02. The molecular weight excluding hydrogens is 312 g/mol. The van der Waals surface area contributed by atoms with E-state index in [-0.39, 0.29) is 12.1 Å². The Morgan fingerprint density at radius 2 is 2.29 bits per heavy atom. The van der Waals surface area contributed by atoms with E-state index < -0.39 is 5.60 Å². The Balaban J connectivity index is 1.63. The van der Waals surface area contributed by atoms with Crippen molar-refractivity contribution in [1.82, 2.24) is 15.1 Å². The predicted octanol–water partition coefficient (Wildman–Crippen LogP) is 3.35. The Labute approximate surface area is 140 Å². The molecular formula is C16H22N4O4. The van der Waals surface area contributed by atoms with E-state index in [1.54, 1.807) is 11.2 Å². The van der Waals surface area contributed by atoms with Crippen LogP contribution in [0.15, 0.2) is 27.2 Å². The number of carbonyl (C=O) groups excluding carboxylic acids is 1. The van der Waals surface area contributed by atoms with E-state index in [9.17, 15) is 4.79 Å². The number of hydrogen-bond donors (Lipinski definition) is 1. The number of anilines is 1. The fraction of sp³-hybridized carbons (Fsp3) is 0.562. The molecule has 8 heteroatoms. The van der Waals surface area contributed by atoms with Crippen LogP contribution in [0.2, 0.25) is 0 Å². The highest BCUT2D eigenvalue weighted by molar-refractivity contribution is 5.69. The van der Waals surface area contributed by atoms with Crippen molar-refractivity contribution in [2.24, 2.45) is 0 Å². The van der Waals surface area contributed by atoms with Crippen molar-refractivity contribution >= 4 is 12.1 Å². The normalized spacial score (nSPS) is 18.0. The standard InChI is InChI=1S/C16H22N4O4/c1-16(2,3)24-15(21)20-8-4-7-12(20)13-18-19-14(23-13)17-10-11-6-5-9-22-11/h5-6,9,12H,4,7-8,10H2,1-3H3,(H,17,19)/t12-/m0/s1. The number of ether oxygens (including phenoxy) is 1. The van der Waals surface area contributed by atoms with Crippen molar-refractivity contribution in [1.29, 1.82) is 0 Å². The smallest absolute Gasteiger partial charge is 0.410 e. The maximum Gasteiger partial charge on any atom is 0.410 e. The largest absolute Gasteiger partial charge is 0.467 e. The summed E-state index contributed by atoms with van der Waals surface area (Å²) < 4.78 is 16.3. The van der Waals surface area contributed by atoms with Crippen LogP contribution in [0.25, 0.3) is 0 Å². The number of amides is 1. The second-order valence-electron chi connectivity index (χ2n) is 6.71. The van der Waals surface area contributed by atoms with Crippen LogP contribution >= 0.6 is 0 Å². The van der Waals surface area contributed by atoms with Gasteiger partial charge in [-0.1, -0.05) is 5.10 Å². The fourth-order valence-corrected chi connectivity index (χ4v) is 2.58. The number of nitrogens with zero attached hydrogens (tertiary/aromatic N) is 3. The summed E-state index contributed by atoms with van der Waals surface area (Å²) in [5, 5.41) is 11.1. The lowest BCUT2D eigenvalue weighted by atomic mass is 10.2. The topological polar surface area (TPSA) is 93.6 Å². The van der Waals surface area contributed by atoms with Gasteiger partial charge in [-0.2, -0.15) is 0 Å². The molecule has 1 fully saturated rings. The summed E-state index contributed by atoms with van der Waals surface area (Å²) in [6, 6.07) is 3.72. The molecule has 8 nitrogen and oxygen atoms in total. The minimum absolute atomic E-state index is 0.244. The summed E-state index contributed by atoms with van der Waals surface area (Å²) in [5.74, 6) is 1.19. The van der Waals surface area contributed by atoms with Crippen LogP contribution in [-0.2, 0) is 11.3 Å². The van der Waals surface area contributed by atoms with Crippen molar-refractivity contribution in [2.75, 3.05) is 11.9 Å². The second kappa shape index (κ2) is 6.54. The lowest BCUT2D eigenvalue weighted by Crippen LogP contribution is -2.36. The monoisotopic (exact) mass is 334 g/mol. The molecule has 0 radical (unpaired) electrons. The molecule has 1 amide bonds. The SMILES string of the molecule is CC(C)(C)OC(=O)N1CCC[C@H]1c1nnc(NCc2ccco2)o1. The minimum atomic E-state index is -0.533. The number of rotatable bonds is 4. The van der Waals surface area contributed by atoms with E-state index >= 15 is 0 Å². The molecule has 1 aliphatic heterocycles. The van der Waals surface area contributed by atoms with E-state index in [4.69, 9.17) is 13.6 Å². The number of hydrogen-bond acceptors (Lipinski definition) is 7. The Hall–Kier alpha value is -2.51. The molecule has 24 heavy (non-hydrogen) atoms. The average molecular weight is 334 g/mol. The van der Waals surface area contributed by atoms with Crippen LogP contribution in [-0.4, -0.2) is 33.3 Å². The van der Waals surface area contributed by atoms with Crippen LogP contribution in [0.5, 0.6) is 0 Å².